The minimum atomic E-state index is 0.771. The predicted molar refractivity (Wildman–Crippen MR) is 260 cm³/mol. The number of hydrogen-bond acceptors (Lipinski definition) is 2. The minimum absolute atomic E-state index is 0.771. The lowest BCUT2D eigenvalue weighted by atomic mass is 9.91. The Bertz CT molecular complexity index is 3850. The second-order valence-electron chi connectivity index (χ2n) is 16.1. The molecule has 2 nitrogen and oxygen atoms in total. The van der Waals surface area contributed by atoms with Crippen molar-refractivity contribution in [3.63, 3.8) is 0 Å². The summed E-state index contributed by atoms with van der Waals surface area (Å²) in [6.45, 7) is 6.62. The van der Waals surface area contributed by atoms with E-state index in [0.717, 1.165) is 77.3 Å². The second-order valence-corrected chi connectivity index (χ2v) is 16.1. The fraction of sp³-hybridized carbons (Fsp3) is 0.0169. The molecule has 2 heterocycles. The van der Waals surface area contributed by atoms with Crippen molar-refractivity contribution in [2.75, 3.05) is 0 Å². The van der Waals surface area contributed by atoms with E-state index in [1.165, 1.54) is 54.2 Å². The summed E-state index contributed by atoms with van der Waals surface area (Å²) in [4.78, 5) is 0. The molecular weight excluding hydrogens is 741 g/mol. The van der Waals surface area contributed by atoms with E-state index >= 15 is 0 Å². The maximum absolute atomic E-state index is 6.59. The van der Waals surface area contributed by atoms with Gasteiger partial charge >= 0.3 is 0 Å². The molecule has 286 valence electrons. The van der Waals surface area contributed by atoms with Gasteiger partial charge in [0.1, 0.15) is 11.2 Å². The van der Waals surface area contributed by atoms with Crippen LogP contribution in [0.3, 0.4) is 0 Å². The van der Waals surface area contributed by atoms with Gasteiger partial charge in [-0.15, -0.1) is 0 Å². The van der Waals surface area contributed by atoms with Gasteiger partial charge in [-0.05, 0) is 149 Å². The summed E-state index contributed by atoms with van der Waals surface area (Å²) in [6.07, 6.45) is 6.37. The van der Waals surface area contributed by atoms with Crippen molar-refractivity contribution in [2.24, 2.45) is 0 Å². The molecule has 12 rings (SSSR count). The summed E-state index contributed by atoms with van der Waals surface area (Å²) in [7, 11) is 0. The molecule has 61 heavy (non-hydrogen) atoms. The highest BCUT2D eigenvalue weighted by molar-refractivity contribution is 6.20. The van der Waals surface area contributed by atoms with Crippen LogP contribution < -0.4 is 0 Å². The van der Waals surface area contributed by atoms with E-state index in [2.05, 4.69) is 214 Å². The van der Waals surface area contributed by atoms with Crippen LogP contribution in [0.2, 0.25) is 0 Å². The minimum Gasteiger partial charge on any atom is -0.452 e. The van der Waals surface area contributed by atoms with E-state index in [-0.39, 0.29) is 0 Å². The van der Waals surface area contributed by atoms with Gasteiger partial charge in [0, 0.05) is 21.5 Å². The first-order valence-corrected chi connectivity index (χ1v) is 20.8. The average molecular weight is 779 g/mol. The molecule has 10 aromatic carbocycles. The molecule has 0 amide bonds. The molecular formula is C59H38O2. The topological polar surface area (TPSA) is 26.3 Å². The zero-order chi connectivity index (χ0) is 40.6. The SMILES string of the molecule is C=C(/C=C\C=C(/C)c1ccc2oc3c(ccc4c5cc(-c6cccc(-c7cc8ccccc8c8ccccc78)c6)ccc5oc43)c2c1)c1cc2ccccc2c2ccccc12. The van der Waals surface area contributed by atoms with Crippen molar-refractivity contribution >= 4 is 98.1 Å². The standard InChI is InChI=1S/C59H38O2/c1-36(13-11-14-37(2)52-34-42-15-3-5-19-44(42)46-21-7-9-23-48(46)52)38-25-29-56-54(32-38)50-27-28-51-55-33-40(26-30-57(55)61-59(51)58(50)60-56)39-17-12-18-41(31-39)53-35-43-16-4-6-20-45(43)47-22-8-10-24-49(47)53/h3-35H,2H2,1H3/b14-11-,36-13+. The molecule has 0 aliphatic heterocycles. The maximum atomic E-state index is 6.59. The van der Waals surface area contributed by atoms with E-state index in [1.54, 1.807) is 0 Å². The summed E-state index contributed by atoms with van der Waals surface area (Å²) >= 11 is 0. The van der Waals surface area contributed by atoms with Crippen molar-refractivity contribution in [3.8, 4) is 22.3 Å². The normalized spacial score (nSPS) is 12.4. The molecule has 12 aromatic rings. The van der Waals surface area contributed by atoms with Gasteiger partial charge < -0.3 is 8.83 Å². The molecule has 0 N–H and O–H groups in total. The fourth-order valence-electron chi connectivity index (χ4n) is 9.47. The van der Waals surface area contributed by atoms with Gasteiger partial charge in [0.25, 0.3) is 0 Å². The van der Waals surface area contributed by atoms with Crippen LogP contribution in [0.15, 0.2) is 216 Å². The Morgan fingerprint density at radius 1 is 0.426 bits per heavy atom. The predicted octanol–water partition coefficient (Wildman–Crippen LogP) is 17.1. The Balaban J connectivity index is 0.871. The second kappa shape index (κ2) is 13.8. The Morgan fingerprint density at radius 2 is 0.984 bits per heavy atom. The van der Waals surface area contributed by atoms with Crippen LogP contribution in [0.4, 0.5) is 0 Å². The van der Waals surface area contributed by atoms with Crippen LogP contribution in [0.1, 0.15) is 18.1 Å². The van der Waals surface area contributed by atoms with Gasteiger partial charge in [0.15, 0.2) is 11.2 Å². The highest BCUT2D eigenvalue weighted by Crippen LogP contribution is 2.42. The first-order valence-electron chi connectivity index (χ1n) is 20.8. The zero-order valence-electron chi connectivity index (χ0n) is 33.6. The van der Waals surface area contributed by atoms with E-state index < -0.39 is 0 Å². The van der Waals surface area contributed by atoms with E-state index in [0.29, 0.717) is 0 Å². The van der Waals surface area contributed by atoms with Crippen LogP contribution in [0.25, 0.3) is 120 Å². The summed E-state index contributed by atoms with van der Waals surface area (Å²) in [5, 5.41) is 14.2. The Morgan fingerprint density at radius 3 is 1.70 bits per heavy atom. The number of fused-ring (bicyclic) bond motifs is 13. The van der Waals surface area contributed by atoms with Gasteiger partial charge in [-0.3, -0.25) is 0 Å². The quantitative estimate of drug-likeness (QED) is 0.124. The average Bonchev–Trinajstić information content (AvgIpc) is 3.89. The molecule has 2 aromatic heterocycles. The monoisotopic (exact) mass is 778 g/mol. The third-order valence-corrected chi connectivity index (χ3v) is 12.6. The molecule has 0 atom stereocenters. The summed E-state index contributed by atoms with van der Waals surface area (Å²) in [5.41, 5.74) is 12.4. The molecule has 0 radical (unpaired) electrons. The van der Waals surface area contributed by atoms with Crippen molar-refractivity contribution in [2.45, 2.75) is 6.92 Å². The number of allylic oxidation sites excluding steroid dienone is 5. The molecule has 0 aliphatic rings. The van der Waals surface area contributed by atoms with Gasteiger partial charge in [-0.2, -0.15) is 0 Å². The maximum Gasteiger partial charge on any atom is 0.178 e. The van der Waals surface area contributed by atoms with E-state index in [4.69, 9.17) is 8.83 Å². The third kappa shape index (κ3) is 5.72. The number of furan rings is 2. The number of rotatable bonds is 6. The third-order valence-electron chi connectivity index (χ3n) is 12.6. The lowest BCUT2D eigenvalue weighted by Crippen LogP contribution is -1.86. The van der Waals surface area contributed by atoms with Crippen LogP contribution in [0.5, 0.6) is 0 Å². The van der Waals surface area contributed by atoms with Crippen LogP contribution in [-0.4, -0.2) is 0 Å². The highest BCUT2D eigenvalue weighted by Gasteiger charge is 2.18. The van der Waals surface area contributed by atoms with Gasteiger partial charge in [-0.1, -0.05) is 152 Å². The molecule has 0 fully saturated rings. The molecule has 0 spiro atoms. The highest BCUT2D eigenvalue weighted by atomic mass is 16.4. The van der Waals surface area contributed by atoms with Crippen LogP contribution in [-0.2, 0) is 0 Å². The van der Waals surface area contributed by atoms with E-state index in [9.17, 15) is 0 Å². The summed E-state index contributed by atoms with van der Waals surface area (Å²) in [5.74, 6) is 0. The summed E-state index contributed by atoms with van der Waals surface area (Å²) in [6, 6.07) is 65.3. The Labute approximate surface area is 352 Å². The zero-order valence-corrected chi connectivity index (χ0v) is 33.6. The largest absolute Gasteiger partial charge is 0.452 e. The summed E-state index contributed by atoms with van der Waals surface area (Å²) < 4.78 is 13.1. The van der Waals surface area contributed by atoms with Crippen molar-refractivity contribution in [3.05, 3.63) is 218 Å². The van der Waals surface area contributed by atoms with Crippen molar-refractivity contribution in [1.82, 2.24) is 0 Å². The first-order chi connectivity index (χ1) is 30.1. The fourth-order valence-corrected chi connectivity index (χ4v) is 9.47. The Hall–Kier alpha value is -7.94. The molecule has 2 heteroatoms. The van der Waals surface area contributed by atoms with Gasteiger partial charge in [0.2, 0.25) is 0 Å². The molecule has 0 saturated carbocycles. The molecule has 0 saturated heterocycles. The van der Waals surface area contributed by atoms with Crippen LogP contribution in [0, 0.1) is 0 Å². The molecule has 0 aliphatic carbocycles. The lowest BCUT2D eigenvalue weighted by Gasteiger charge is -2.12. The number of benzene rings is 10. The van der Waals surface area contributed by atoms with Gasteiger partial charge in [-0.25, -0.2) is 0 Å². The van der Waals surface area contributed by atoms with Crippen LogP contribution >= 0.6 is 0 Å². The van der Waals surface area contributed by atoms with Crippen molar-refractivity contribution in [1.29, 1.82) is 0 Å². The van der Waals surface area contributed by atoms with Gasteiger partial charge in [0.05, 0.1) is 0 Å². The first kappa shape index (κ1) is 35.0. The number of hydrogen-bond donors (Lipinski definition) is 0. The van der Waals surface area contributed by atoms with E-state index in [1.807, 2.05) is 0 Å². The molecule has 0 bridgehead atoms. The van der Waals surface area contributed by atoms with Crippen molar-refractivity contribution < 1.29 is 8.83 Å². The lowest BCUT2D eigenvalue weighted by molar-refractivity contribution is 0.633. The Kier molecular flexibility index (Phi) is 7.95. The smallest absolute Gasteiger partial charge is 0.178 e. The molecule has 0 unspecified atom stereocenters.